The van der Waals surface area contributed by atoms with Gasteiger partial charge in [0, 0.05) is 11.6 Å². The Bertz CT molecular complexity index is 337. The van der Waals surface area contributed by atoms with E-state index in [1.807, 2.05) is 12.3 Å². The molecule has 1 heterocycles. The largest absolute Gasteiger partial charge is 0.346 e. The van der Waals surface area contributed by atoms with Crippen LogP contribution in [0.3, 0.4) is 0 Å². The zero-order chi connectivity index (χ0) is 12.0. The zero-order valence-corrected chi connectivity index (χ0v) is 10.2. The molecule has 0 aliphatic rings. The first-order valence-electron chi connectivity index (χ1n) is 5.25. The number of nitrogens with one attached hydrogen (secondary N) is 1. The molecular formula is C11H17N3OS. The molecule has 0 spiro atoms. The van der Waals surface area contributed by atoms with Crippen LogP contribution in [0, 0.1) is 0 Å². The molecule has 5 heteroatoms. The van der Waals surface area contributed by atoms with Crippen LogP contribution in [-0.4, -0.2) is 16.9 Å². The average molecular weight is 239 g/mol. The molecule has 2 atom stereocenters. The van der Waals surface area contributed by atoms with Gasteiger partial charge >= 0.3 is 0 Å². The molecule has 0 saturated heterocycles. The number of amides is 1. The molecule has 3 N–H and O–H groups in total. The minimum Gasteiger partial charge on any atom is -0.346 e. The van der Waals surface area contributed by atoms with E-state index in [2.05, 4.69) is 16.9 Å². The molecular weight excluding hydrogens is 222 g/mol. The maximum Gasteiger partial charge on any atom is 0.237 e. The van der Waals surface area contributed by atoms with Gasteiger partial charge in [-0.05, 0) is 12.8 Å². The summed E-state index contributed by atoms with van der Waals surface area (Å²) in [7, 11) is 0. The molecule has 0 aromatic carbocycles. The highest BCUT2D eigenvalue weighted by molar-refractivity contribution is 7.09. The van der Waals surface area contributed by atoms with Crippen molar-refractivity contribution in [3.8, 4) is 0 Å². The summed E-state index contributed by atoms with van der Waals surface area (Å²) in [4.78, 5) is 15.9. The van der Waals surface area contributed by atoms with Gasteiger partial charge in [0.05, 0.1) is 12.1 Å². The summed E-state index contributed by atoms with van der Waals surface area (Å²) in [5.74, 6) is -0.151. The van der Waals surface area contributed by atoms with Crippen LogP contribution in [-0.2, 0) is 4.79 Å². The molecule has 1 rings (SSSR count). The Morgan fingerprint density at radius 1 is 1.81 bits per heavy atom. The van der Waals surface area contributed by atoms with Crippen molar-refractivity contribution in [3.63, 3.8) is 0 Å². The molecule has 2 unspecified atom stereocenters. The predicted octanol–water partition coefficient (Wildman–Crippen LogP) is 1.61. The lowest BCUT2D eigenvalue weighted by Crippen LogP contribution is -2.41. The van der Waals surface area contributed by atoms with E-state index in [1.165, 1.54) is 11.3 Å². The molecule has 0 aliphatic carbocycles. The van der Waals surface area contributed by atoms with Gasteiger partial charge in [-0.25, -0.2) is 4.98 Å². The molecule has 0 fully saturated rings. The molecule has 0 bridgehead atoms. The molecule has 0 aliphatic heterocycles. The first-order valence-corrected chi connectivity index (χ1v) is 6.13. The number of thiazole rings is 1. The van der Waals surface area contributed by atoms with Gasteiger partial charge < -0.3 is 11.1 Å². The minimum absolute atomic E-state index is 0.0386. The van der Waals surface area contributed by atoms with Crippen LogP contribution in [0.4, 0.5) is 0 Å². The Balaban J connectivity index is 2.57. The highest BCUT2D eigenvalue weighted by Crippen LogP contribution is 2.18. The number of aromatic nitrogens is 1. The predicted molar refractivity (Wildman–Crippen MR) is 66.1 cm³/mol. The van der Waals surface area contributed by atoms with E-state index in [4.69, 9.17) is 5.73 Å². The van der Waals surface area contributed by atoms with E-state index in [0.29, 0.717) is 6.42 Å². The van der Waals surface area contributed by atoms with Crippen LogP contribution in [0.15, 0.2) is 24.2 Å². The number of rotatable bonds is 6. The number of nitrogens with two attached hydrogens (primary N) is 1. The molecule has 1 aromatic rings. The van der Waals surface area contributed by atoms with Crippen LogP contribution in [0.2, 0.25) is 0 Å². The van der Waals surface area contributed by atoms with Gasteiger partial charge in [-0.15, -0.1) is 17.9 Å². The lowest BCUT2D eigenvalue weighted by Gasteiger charge is -2.17. The normalized spacial score (nSPS) is 14.1. The third-order valence-corrected chi connectivity index (χ3v) is 3.12. The van der Waals surface area contributed by atoms with Gasteiger partial charge in [-0.1, -0.05) is 13.0 Å². The molecule has 1 amide bonds. The maximum atomic E-state index is 11.7. The summed E-state index contributed by atoms with van der Waals surface area (Å²) in [6.07, 6.45) is 4.67. The van der Waals surface area contributed by atoms with E-state index < -0.39 is 6.04 Å². The van der Waals surface area contributed by atoms with Crippen molar-refractivity contribution in [1.29, 1.82) is 0 Å². The topological polar surface area (TPSA) is 68.0 Å². The fourth-order valence-electron chi connectivity index (χ4n) is 1.31. The highest BCUT2D eigenvalue weighted by atomic mass is 32.1. The van der Waals surface area contributed by atoms with E-state index in [0.717, 1.165) is 11.4 Å². The summed E-state index contributed by atoms with van der Waals surface area (Å²) in [6, 6.07) is -0.560. The van der Waals surface area contributed by atoms with Crippen molar-refractivity contribution < 1.29 is 4.79 Å². The van der Waals surface area contributed by atoms with Crippen molar-refractivity contribution in [2.75, 3.05) is 0 Å². The second kappa shape index (κ2) is 6.40. The Kier molecular flexibility index (Phi) is 5.14. The van der Waals surface area contributed by atoms with Crippen LogP contribution >= 0.6 is 11.3 Å². The number of nitrogens with zero attached hydrogens (tertiary/aromatic N) is 1. The monoisotopic (exact) mass is 239 g/mol. The molecule has 0 saturated carbocycles. The van der Waals surface area contributed by atoms with Crippen molar-refractivity contribution >= 4 is 17.2 Å². The summed E-state index contributed by atoms with van der Waals surface area (Å²) in [5, 5.41) is 5.70. The minimum atomic E-state index is -0.522. The molecule has 4 nitrogen and oxygen atoms in total. The third-order valence-electron chi connectivity index (χ3n) is 2.23. The second-order valence-corrected chi connectivity index (χ2v) is 4.40. The maximum absolute atomic E-state index is 11.7. The Hall–Kier alpha value is -1.20. The number of carbonyl (C=O) groups excluding carboxylic acids is 1. The molecule has 0 radical (unpaired) electrons. The van der Waals surface area contributed by atoms with Gasteiger partial charge in [0.2, 0.25) is 5.91 Å². The van der Waals surface area contributed by atoms with E-state index in [1.54, 1.807) is 12.3 Å². The SMILES string of the molecule is C=CCC(N)C(=O)NC(CC)c1nccs1. The average Bonchev–Trinajstić information content (AvgIpc) is 2.79. The van der Waals surface area contributed by atoms with Gasteiger partial charge in [0.1, 0.15) is 5.01 Å². The van der Waals surface area contributed by atoms with Gasteiger partial charge in [0.25, 0.3) is 0 Å². The Morgan fingerprint density at radius 3 is 3.06 bits per heavy atom. The van der Waals surface area contributed by atoms with Crippen molar-refractivity contribution in [2.24, 2.45) is 5.73 Å². The van der Waals surface area contributed by atoms with Crippen LogP contribution in [0.25, 0.3) is 0 Å². The quantitative estimate of drug-likeness (QED) is 0.741. The lowest BCUT2D eigenvalue weighted by molar-refractivity contribution is -0.123. The third kappa shape index (κ3) is 3.43. The van der Waals surface area contributed by atoms with Gasteiger partial charge in [0.15, 0.2) is 0 Å². The fraction of sp³-hybridized carbons (Fsp3) is 0.455. The molecule has 1 aromatic heterocycles. The molecule has 16 heavy (non-hydrogen) atoms. The highest BCUT2D eigenvalue weighted by Gasteiger charge is 2.18. The summed E-state index contributed by atoms with van der Waals surface area (Å²) < 4.78 is 0. The lowest BCUT2D eigenvalue weighted by atomic mass is 10.1. The van der Waals surface area contributed by atoms with Gasteiger partial charge in [-0.2, -0.15) is 0 Å². The number of hydrogen-bond acceptors (Lipinski definition) is 4. The summed E-state index contributed by atoms with van der Waals surface area (Å²) >= 11 is 1.54. The first kappa shape index (κ1) is 12.9. The standard InChI is InChI=1S/C11H17N3OS/c1-3-5-8(12)10(15)14-9(4-2)11-13-6-7-16-11/h3,6-9H,1,4-5,12H2,2H3,(H,14,15). The van der Waals surface area contributed by atoms with Crippen LogP contribution in [0.1, 0.15) is 30.8 Å². The van der Waals surface area contributed by atoms with E-state index in [9.17, 15) is 4.79 Å². The van der Waals surface area contributed by atoms with Crippen molar-refractivity contribution in [3.05, 3.63) is 29.2 Å². The van der Waals surface area contributed by atoms with Crippen LogP contribution in [0.5, 0.6) is 0 Å². The Labute approximate surface area is 99.6 Å². The van der Waals surface area contributed by atoms with E-state index >= 15 is 0 Å². The zero-order valence-electron chi connectivity index (χ0n) is 9.35. The second-order valence-electron chi connectivity index (χ2n) is 3.47. The molecule has 88 valence electrons. The van der Waals surface area contributed by atoms with Crippen molar-refractivity contribution in [1.82, 2.24) is 10.3 Å². The summed E-state index contributed by atoms with van der Waals surface area (Å²) in [6.45, 7) is 5.57. The number of carbonyl (C=O) groups is 1. The summed E-state index contributed by atoms with van der Waals surface area (Å²) in [5.41, 5.74) is 5.68. The number of hydrogen-bond donors (Lipinski definition) is 2. The van der Waals surface area contributed by atoms with Gasteiger partial charge in [-0.3, -0.25) is 4.79 Å². The van der Waals surface area contributed by atoms with Crippen LogP contribution < -0.4 is 11.1 Å². The van der Waals surface area contributed by atoms with E-state index in [-0.39, 0.29) is 11.9 Å². The van der Waals surface area contributed by atoms with Crippen molar-refractivity contribution in [2.45, 2.75) is 31.8 Å². The fourth-order valence-corrected chi connectivity index (χ4v) is 2.08. The first-order chi connectivity index (χ1) is 7.69. The smallest absolute Gasteiger partial charge is 0.237 e. The Morgan fingerprint density at radius 2 is 2.56 bits per heavy atom.